The number of benzene rings is 1. The van der Waals surface area contributed by atoms with Crippen molar-refractivity contribution in [3.05, 3.63) is 58.2 Å². The van der Waals surface area contributed by atoms with Gasteiger partial charge in [0, 0.05) is 30.1 Å². The highest BCUT2D eigenvalue weighted by Crippen LogP contribution is 2.30. The molecular formula is C17H25ClN2OS. The molecule has 0 spiro atoms. The largest absolute Gasteiger partial charge is 0.382 e. The molecule has 122 valence electrons. The molecule has 0 bridgehead atoms. The molecule has 1 N–H and O–H groups in total. The molecule has 0 heterocycles. The fourth-order valence-electron chi connectivity index (χ4n) is 1.94. The van der Waals surface area contributed by atoms with Crippen LogP contribution in [0.5, 0.6) is 0 Å². The maximum atomic E-state index is 10.6. The number of aliphatic hydroxyl groups excluding tert-OH is 1. The van der Waals surface area contributed by atoms with Crippen molar-refractivity contribution < 1.29 is 5.11 Å². The van der Waals surface area contributed by atoms with Crippen molar-refractivity contribution in [2.24, 2.45) is 0 Å². The lowest BCUT2D eigenvalue weighted by Crippen LogP contribution is -2.21. The highest BCUT2D eigenvalue weighted by Gasteiger charge is 2.18. The number of thioether (sulfide) groups is 1. The van der Waals surface area contributed by atoms with Gasteiger partial charge in [-0.05, 0) is 38.7 Å². The lowest BCUT2D eigenvalue weighted by Gasteiger charge is -2.28. The monoisotopic (exact) mass is 340 g/mol. The van der Waals surface area contributed by atoms with Gasteiger partial charge < -0.3 is 14.9 Å². The molecular weight excluding hydrogens is 316 g/mol. The number of hydrogen-bond acceptors (Lipinski definition) is 4. The van der Waals surface area contributed by atoms with Gasteiger partial charge in [0.25, 0.3) is 0 Å². The van der Waals surface area contributed by atoms with Crippen molar-refractivity contribution in [1.82, 2.24) is 9.80 Å². The number of hydrogen-bond donors (Lipinski definition) is 1. The quantitative estimate of drug-likeness (QED) is 0.774. The molecule has 5 heteroatoms. The highest BCUT2D eigenvalue weighted by molar-refractivity contribution is 8.03. The number of rotatable bonds is 8. The molecule has 0 radical (unpaired) electrons. The molecule has 0 saturated heterocycles. The van der Waals surface area contributed by atoms with Gasteiger partial charge in [-0.15, -0.1) is 11.8 Å². The fourth-order valence-corrected chi connectivity index (χ4v) is 3.05. The number of allylic oxidation sites excluding steroid dienone is 1. The Hall–Kier alpha value is -0.940. The molecule has 0 aliphatic heterocycles. The molecule has 0 saturated carbocycles. The van der Waals surface area contributed by atoms with Gasteiger partial charge in [-0.3, -0.25) is 0 Å². The first-order valence-electron chi connectivity index (χ1n) is 7.16. The molecule has 0 aromatic heterocycles. The fraction of sp³-hybridized carbons (Fsp3) is 0.412. The summed E-state index contributed by atoms with van der Waals surface area (Å²) in [6.07, 6.45) is 1.22. The Morgan fingerprint density at radius 3 is 2.41 bits per heavy atom. The van der Waals surface area contributed by atoms with Crippen molar-refractivity contribution in [3.8, 4) is 0 Å². The summed E-state index contributed by atoms with van der Waals surface area (Å²) in [7, 11) is 6.03. The maximum Gasteiger partial charge on any atom is 0.119 e. The summed E-state index contributed by atoms with van der Waals surface area (Å²) >= 11 is 7.59. The summed E-state index contributed by atoms with van der Waals surface area (Å²) in [5, 5.41) is 12.2. The average Bonchev–Trinajstić information content (AvgIpc) is 2.47. The van der Waals surface area contributed by atoms with E-state index in [1.807, 2.05) is 37.1 Å². The lowest BCUT2D eigenvalue weighted by atomic mass is 10.1. The molecule has 1 aromatic rings. The van der Waals surface area contributed by atoms with Crippen molar-refractivity contribution in [2.45, 2.75) is 13.0 Å². The standard InChI is InChI=1S/C17H25ClN2OS/c1-6-16(17(21)14-7-9-15(18)10-8-14)20(5)13(2)22-12-11-19(3)4/h6-10,17,21H,2,11-12H2,1,3-5H3/b16-6-. The van der Waals surface area contributed by atoms with Crippen molar-refractivity contribution in [1.29, 1.82) is 0 Å². The van der Waals surface area contributed by atoms with Crippen LogP contribution in [0, 0.1) is 0 Å². The second kappa shape index (κ2) is 9.26. The zero-order valence-corrected chi connectivity index (χ0v) is 15.3. The van der Waals surface area contributed by atoms with Crippen molar-refractivity contribution in [2.75, 3.05) is 33.4 Å². The van der Waals surface area contributed by atoms with Gasteiger partial charge >= 0.3 is 0 Å². The number of nitrogens with zero attached hydrogens (tertiary/aromatic N) is 2. The van der Waals surface area contributed by atoms with Gasteiger partial charge in [0.1, 0.15) is 6.10 Å². The van der Waals surface area contributed by atoms with Gasteiger partial charge in [0.2, 0.25) is 0 Å². The van der Waals surface area contributed by atoms with Crippen LogP contribution in [0.15, 0.2) is 47.6 Å². The molecule has 22 heavy (non-hydrogen) atoms. The summed E-state index contributed by atoms with van der Waals surface area (Å²) in [5.41, 5.74) is 1.63. The average molecular weight is 341 g/mol. The van der Waals surface area contributed by atoms with Gasteiger partial charge in [-0.2, -0.15) is 0 Å². The van der Waals surface area contributed by atoms with E-state index in [4.69, 9.17) is 11.6 Å². The minimum atomic E-state index is -0.696. The Kier molecular flexibility index (Phi) is 8.04. The Bertz CT molecular complexity index is 514. The summed E-state index contributed by atoms with van der Waals surface area (Å²) < 4.78 is 0. The molecule has 1 unspecified atom stereocenters. The molecule has 0 amide bonds. The van der Waals surface area contributed by atoms with Crippen LogP contribution in [0.1, 0.15) is 18.6 Å². The van der Waals surface area contributed by atoms with E-state index < -0.39 is 6.10 Å². The highest BCUT2D eigenvalue weighted by atomic mass is 35.5. The summed E-state index contributed by atoms with van der Waals surface area (Å²) in [6, 6.07) is 7.25. The second-order valence-electron chi connectivity index (χ2n) is 5.27. The number of likely N-dealkylation sites (N-methyl/N-ethyl adjacent to an activating group) is 1. The smallest absolute Gasteiger partial charge is 0.119 e. The summed E-state index contributed by atoms with van der Waals surface area (Å²) in [6.45, 7) is 7.02. The Labute approximate surface area is 143 Å². The van der Waals surface area contributed by atoms with E-state index in [2.05, 4.69) is 25.6 Å². The zero-order valence-electron chi connectivity index (χ0n) is 13.7. The van der Waals surface area contributed by atoms with E-state index in [0.29, 0.717) is 5.02 Å². The van der Waals surface area contributed by atoms with Crippen LogP contribution in [0.2, 0.25) is 5.02 Å². The van der Waals surface area contributed by atoms with E-state index in [1.54, 1.807) is 23.9 Å². The van der Waals surface area contributed by atoms with E-state index in [0.717, 1.165) is 28.6 Å². The predicted octanol–water partition coefficient (Wildman–Crippen LogP) is 3.98. The van der Waals surface area contributed by atoms with Crippen LogP contribution in [-0.4, -0.2) is 48.3 Å². The molecule has 1 rings (SSSR count). The third kappa shape index (κ3) is 5.69. The van der Waals surface area contributed by atoms with Crippen molar-refractivity contribution in [3.63, 3.8) is 0 Å². The van der Waals surface area contributed by atoms with Gasteiger partial charge in [-0.25, -0.2) is 0 Å². The van der Waals surface area contributed by atoms with E-state index >= 15 is 0 Å². The van der Waals surface area contributed by atoms with Gasteiger partial charge in [0.15, 0.2) is 0 Å². The topological polar surface area (TPSA) is 26.7 Å². The molecule has 0 aliphatic carbocycles. The van der Waals surface area contributed by atoms with E-state index in [-0.39, 0.29) is 0 Å². The molecule has 0 fully saturated rings. The SMILES string of the molecule is C=C(SCCN(C)C)N(C)/C(=C\C)C(O)c1ccc(Cl)cc1. The third-order valence-corrected chi connectivity index (χ3v) is 4.58. The van der Waals surface area contributed by atoms with Crippen LogP contribution >= 0.6 is 23.4 Å². The van der Waals surface area contributed by atoms with Crippen LogP contribution in [0.3, 0.4) is 0 Å². The first-order chi connectivity index (χ1) is 10.4. The second-order valence-corrected chi connectivity index (χ2v) is 6.88. The van der Waals surface area contributed by atoms with Crippen LogP contribution in [-0.2, 0) is 0 Å². The minimum absolute atomic E-state index is 0.662. The van der Waals surface area contributed by atoms with E-state index in [9.17, 15) is 5.11 Å². The number of aliphatic hydroxyl groups is 1. The molecule has 1 aromatic carbocycles. The third-order valence-electron chi connectivity index (χ3n) is 3.33. The molecule has 1 atom stereocenters. The first kappa shape index (κ1) is 19.1. The summed E-state index contributed by atoms with van der Waals surface area (Å²) in [4.78, 5) is 4.08. The van der Waals surface area contributed by atoms with E-state index in [1.165, 1.54) is 0 Å². The Balaban J connectivity index is 2.73. The minimum Gasteiger partial charge on any atom is -0.382 e. The van der Waals surface area contributed by atoms with Crippen molar-refractivity contribution >= 4 is 23.4 Å². The van der Waals surface area contributed by atoms with Crippen LogP contribution in [0.25, 0.3) is 0 Å². The normalized spacial score (nSPS) is 13.3. The molecule has 0 aliphatic rings. The Morgan fingerprint density at radius 1 is 1.32 bits per heavy atom. The van der Waals surface area contributed by atoms with Crippen LogP contribution in [0.4, 0.5) is 0 Å². The zero-order chi connectivity index (χ0) is 16.7. The van der Waals surface area contributed by atoms with Gasteiger partial charge in [-0.1, -0.05) is 36.4 Å². The molecule has 3 nitrogen and oxygen atoms in total. The predicted molar refractivity (Wildman–Crippen MR) is 98.1 cm³/mol. The summed E-state index contributed by atoms with van der Waals surface area (Å²) in [5.74, 6) is 0.963. The number of halogens is 1. The first-order valence-corrected chi connectivity index (χ1v) is 8.53. The lowest BCUT2D eigenvalue weighted by molar-refractivity contribution is 0.186. The van der Waals surface area contributed by atoms with Crippen LogP contribution < -0.4 is 0 Å². The maximum absolute atomic E-state index is 10.6. The van der Waals surface area contributed by atoms with Gasteiger partial charge in [0.05, 0.1) is 5.03 Å². The Morgan fingerprint density at radius 2 is 1.91 bits per heavy atom.